The van der Waals surface area contributed by atoms with Gasteiger partial charge < -0.3 is 20.3 Å². The molecule has 1 heterocycles. The molecule has 1 saturated heterocycles. The molecule has 1 aliphatic heterocycles. The van der Waals surface area contributed by atoms with Gasteiger partial charge in [-0.2, -0.15) is 0 Å². The molecule has 6 nitrogen and oxygen atoms in total. The molecule has 2 rings (SSSR count). The number of likely N-dealkylation sites (tertiary alicyclic amines) is 1. The molecule has 0 aromatic rings. The van der Waals surface area contributed by atoms with Crippen LogP contribution in [0.3, 0.4) is 0 Å². The van der Waals surface area contributed by atoms with Gasteiger partial charge in [-0.05, 0) is 58.8 Å². The number of nitrogens with two attached hydrogens (primary N) is 1. The number of piperidine rings is 1. The molecule has 2 fully saturated rings. The normalized spacial score (nSPS) is 22.7. The van der Waals surface area contributed by atoms with Crippen molar-refractivity contribution in [3.8, 4) is 0 Å². The average Bonchev–Trinajstić information content (AvgIpc) is 3.34. The van der Waals surface area contributed by atoms with E-state index in [4.69, 9.17) is 10.5 Å². The summed E-state index contributed by atoms with van der Waals surface area (Å²) in [6, 6.07) is -0.161. The fourth-order valence-corrected chi connectivity index (χ4v) is 3.26. The molecule has 0 aromatic carbocycles. The second-order valence-electron chi connectivity index (χ2n) is 8.81. The minimum absolute atomic E-state index is 0.0206. The third-order valence-corrected chi connectivity index (χ3v) is 4.94. The third kappa shape index (κ3) is 5.59. The second kappa shape index (κ2) is 7.94. The maximum atomic E-state index is 12.8. The van der Waals surface area contributed by atoms with E-state index in [-0.39, 0.29) is 24.0 Å². The topological polar surface area (TPSA) is 75.9 Å². The van der Waals surface area contributed by atoms with Crippen LogP contribution in [-0.4, -0.2) is 58.6 Å². The van der Waals surface area contributed by atoms with Gasteiger partial charge in [0.25, 0.3) is 0 Å². The number of carbonyl (C=O) groups excluding carboxylic acids is 2. The molecule has 0 bridgehead atoms. The van der Waals surface area contributed by atoms with E-state index in [0.29, 0.717) is 19.1 Å². The number of hydrogen-bond donors (Lipinski definition) is 1. The monoisotopic (exact) mass is 353 g/mol. The quantitative estimate of drug-likeness (QED) is 0.824. The molecule has 6 heteroatoms. The van der Waals surface area contributed by atoms with Crippen molar-refractivity contribution in [2.45, 2.75) is 90.4 Å². The van der Waals surface area contributed by atoms with Crippen LogP contribution in [0.4, 0.5) is 4.79 Å². The Balaban J connectivity index is 2.07. The summed E-state index contributed by atoms with van der Waals surface area (Å²) < 4.78 is 5.57. The van der Waals surface area contributed by atoms with Crippen molar-refractivity contribution in [2.24, 2.45) is 11.7 Å². The van der Waals surface area contributed by atoms with Gasteiger partial charge in [-0.3, -0.25) is 4.79 Å². The van der Waals surface area contributed by atoms with E-state index in [1.54, 1.807) is 0 Å². The van der Waals surface area contributed by atoms with Crippen LogP contribution < -0.4 is 5.73 Å². The Bertz CT molecular complexity index is 483. The molecular weight excluding hydrogens is 318 g/mol. The van der Waals surface area contributed by atoms with E-state index >= 15 is 0 Å². The van der Waals surface area contributed by atoms with E-state index in [9.17, 15) is 9.59 Å². The van der Waals surface area contributed by atoms with Gasteiger partial charge in [0.1, 0.15) is 5.60 Å². The Morgan fingerprint density at radius 3 is 2.36 bits per heavy atom. The van der Waals surface area contributed by atoms with Crippen molar-refractivity contribution < 1.29 is 14.3 Å². The van der Waals surface area contributed by atoms with Crippen molar-refractivity contribution in [2.75, 3.05) is 13.1 Å². The van der Waals surface area contributed by atoms with Crippen molar-refractivity contribution >= 4 is 12.0 Å². The molecule has 144 valence electrons. The van der Waals surface area contributed by atoms with Crippen LogP contribution in [0.5, 0.6) is 0 Å². The molecule has 0 aromatic heterocycles. The predicted octanol–water partition coefficient (Wildman–Crippen LogP) is 2.75. The number of carbonyl (C=O) groups is 2. The molecule has 1 saturated carbocycles. The van der Waals surface area contributed by atoms with Crippen LogP contribution in [0.15, 0.2) is 0 Å². The lowest BCUT2D eigenvalue weighted by molar-refractivity contribution is -0.135. The SMILES string of the molecule is CC(C)[C@H](N)C(=O)N(C[C@H]1CCCCN1C(=O)OC(C)(C)C)C1CC1. The van der Waals surface area contributed by atoms with Gasteiger partial charge in [-0.1, -0.05) is 13.8 Å². The zero-order valence-corrected chi connectivity index (χ0v) is 16.5. The molecule has 1 aliphatic carbocycles. The zero-order chi connectivity index (χ0) is 18.8. The molecular formula is C19H35N3O3. The summed E-state index contributed by atoms with van der Waals surface area (Å²) in [6.07, 6.45) is 4.78. The van der Waals surface area contributed by atoms with Crippen LogP contribution >= 0.6 is 0 Å². The highest BCUT2D eigenvalue weighted by molar-refractivity contribution is 5.82. The lowest BCUT2D eigenvalue weighted by Crippen LogP contribution is -2.55. The lowest BCUT2D eigenvalue weighted by Gasteiger charge is -2.40. The van der Waals surface area contributed by atoms with Crippen molar-refractivity contribution in [3.05, 3.63) is 0 Å². The fourth-order valence-electron chi connectivity index (χ4n) is 3.26. The maximum absolute atomic E-state index is 12.8. The Morgan fingerprint density at radius 1 is 1.20 bits per heavy atom. The Hall–Kier alpha value is -1.30. The molecule has 0 spiro atoms. The Labute approximate surface area is 152 Å². The van der Waals surface area contributed by atoms with Crippen molar-refractivity contribution in [1.29, 1.82) is 0 Å². The van der Waals surface area contributed by atoms with Crippen molar-refractivity contribution in [1.82, 2.24) is 9.80 Å². The first kappa shape index (κ1) is 20.0. The second-order valence-corrected chi connectivity index (χ2v) is 8.81. The standard InChI is InChI=1S/C19H35N3O3/c1-13(2)16(20)17(23)22(14-9-10-14)12-15-8-6-7-11-21(15)18(24)25-19(3,4)5/h13-16H,6-12,20H2,1-5H3/t15-,16+/m1/s1. The maximum Gasteiger partial charge on any atom is 0.410 e. The summed E-state index contributed by atoms with van der Waals surface area (Å²) in [5.74, 6) is 0.134. The van der Waals surface area contributed by atoms with Crippen LogP contribution in [0, 0.1) is 5.92 Å². The van der Waals surface area contributed by atoms with Gasteiger partial charge in [0.15, 0.2) is 0 Å². The first-order valence-electron chi connectivity index (χ1n) is 9.66. The van der Waals surface area contributed by atoms with Gasteiger partial charge >= 0.3 is 6.09 Å². The minimum Gasteiger partial charge on any atom is -0.444 e. The lowest BCUT2D eigenvalue weighted by atomic mass is 10.00. The van der Waals surface area contributed by atoms with Gasteiger partial charge in [0.2, 0.25) is 5.91 Å². The van der Waals surface area contributed by atoms with E-state index < -0.39 is 11.6 Å². The zero-order valence-electron chi connectivity index (χ0n) is 16.5. The predicted molar refractivity (Wildman–Crippen MR) is 98.1 cm³/mol. The van der Waals surface area contributed by atoms with Crippen LogP contribution in [0.25, 0.3) is 0 Å². The summed E-state index contributed by atoms with van der Waals surface area (Å²) >= 11 is 0. The van der Waals surface area contributed by atoms with Gasteiger partial charge in [0.05, 0.1) is 12.1 Å². The number of rotatable bonds is 5. The molecule has 2 amide bonds. The summed E-state index contributed by atoms with van der Waals surface area (Å²) in [4.78, 5) is 29.1. The Morgan fingerprint density at radius 2 is 1.84 bits per heavy atom. The average molecular weight is 354 g/mol. The van der Waals surface area contributed by atoms with E-state index in [1.807, 2.05) is 44.4 Å². The molecule has 0 unspecified atom stereocenters. The summed E-state index contributed by atoms with van der Waals surface area (Å²) in [6.45, 7) is 10.9. The van der Waals surface area contributed by atoms with Gasteiger partial charge in [-0.25, -0.2) is 4.79 Å². The Kier molecular flexibility index (Phi) is 6.35. The van der Waals surface area contributed by atoms with E-state index in [1.165, 1.54) is 0 Å². The van der Waals surface area contributed by atoms with Crippen molar-refractivity contribution in [3.63, 3.8) is 0 Å². The van der Waals surface area contributed by atoms with Crippen LogP contribution in [0.1, 0.15) is 66.7 Å². The summed E-state index contributed by atoms with van der Waals surface area (Å²) in [5, 5.41) is 0. The van der Waals surface area contributed by atoms with E-state index in [2.05, 4.69) is 0 Å². The molecule has 2 atom stereocenters. The molecule has 2 N–H and O–H groups in total. The number of hydrogen-bond acceptors (Lipinski definition) is 4. The summed E-state index contributed by atoms with van der Waals surface area (Å²) in [7, 11) is 0. The minimum atomic E-state index is -0.509. The highest BCUT2D eigenvalue weighted by atomic mass is 16.6. The molecule has 0 radical (unpaired) electrons. The van der Waals surface area contributed by atoms with Gasteiger partial charge in [0, 0.05) is 19.1 Å². The highest BCUT2D eigenvalue weighted by Crippen LogP contribution is 2.30. The summed E-state index contributed by atoms with van der Waals surface area (Å²) in [5.41, 5.74) is 5.60. The van der Waals surface area contributed by atoms with Gasteiger partial charge in [-0.15, -0.1) is 0 Å². The first-order valence-corrected chi connectivity index (χ1v) is 9.66. The first-order chi connectivity index (χ1) is 11.6. The number of ether oxygens (including phenoxy) is 1. The van der Waals surface area contributed by atoms with Crippen LogP contribution in [0.2, 0.25) is 0 Å². The largest absolute Gasteiger partial charge is 0.444 e. The third-order valence-electron chi connectivity index (χ3n) is 4.94. The fraction of sp³-hybridized carbons (Fsp3) is 0.895. The molecule has 25 heavy (non-hydrogen) atoms. The molecule has 2 aliphatic rings. The van der Waals surface area contributed by atoms with E-state index in [0.717, 1.165) is 32.1 Å². The number of nitrogens with zero attached hydrogens (tertiary/aromatic N) is 2. The number of amides is 2. The smallest absolute Gasteiger partial charge is 0.410 e. The van der Waals surface area contributed by atoms with Crippen LogP contribution in [-0.2, 0) is 9.53 Å². The highest BCUT2D eigenvalue weighted by Gasteiger charge is 2.39.